The van der Waals surface area contributed by atoms with E-state index < -0.39 is 0 Å². The fourth-order valence-corrected chi connectivity index (χ4v) is 3.50. The molecule has 28 heavy (non-hydrogen) atoms. The first-order valence-corrected chi connectivity index (χ1v) is 9.37. The molecule has 2 N–H and O–H groups in total. The predicted octanol–water partition coefficient (Wildman–Crippen LogP) is 3.89. The molecule has 8 heteroatoms. The number of aromatic nitrogens is 3. The summed E-state index contributed by atoms with van der Waals surface area (Å²) in [6.45, 7) is 2.65. The van der Waals surface area contributed by atoms with E-state index in [1.54, 1.807) is 15.8 Å². The lowest BCUT2D eigenvalue weighted by Gasteiger charge is -2.27. The SMILES string of the molecule is Cc1nn(C)cc1Nc1cc(Nc2cccc3c2C(=O)N(C)CC3)c(Cl)cn1. The van der Waals surface area contributed by atoms with Crippen LogP contribution in [0.3, 0.4) is 0 Å². The molecule has 0 bridgehead atoms. The first kappa shape index (κ1) is 18.3. The number of rotatable bonds is 4. The minimum absolute atomic E-state index is 0.0128. The van der Waals surface area contributed by atoms with Gasteiger partial charge in [0.1, 0.15) is 5.82 Å². The summed E-state index contributed by atoms with van der Waals surface area (Å²) < 4.78 is 1.74. The number of pyridine rings is 1. The van der Waals surface area contributed by atoms with Crippen LogP contribution in [0.15, 0.2) is 36.7 Å². The third kappa shape index (κ3) is 3.41. The molecule has 144 valence electrons. The third-order valence-electron chi connectivity index (χ3n) is 4.83. The summed E-state index contributed by atoms with van der Waals surface area (Å²) in [5.74, 6) is 0.648. The van der Waals surface area contributed by atoms with Gasteiger partial charge in [-0.3, -0.25) is 9.48 Å². The van der Waals surface area contributed by atoms with Crippen LogP contribution in [0.25, 0.3) is 0 Å². The van der Waals surface area contributed by atoms with Gasteiger partial charge in [0.05, 0.1) is 39.5 Å². The van der Waals surface area contributed by atoms with Crippen molar-refractivity contribution >= 4 is 40.4 Å². The van der Waals surface area contributed by atoms with Gasteiger partial charge in [-0.25, -0.2) is 4.98 Å². The van der Waals surface area contributed by atoms with Gasteiger partial charge in [0, 0.05) is 32.9 Å². The molecule has 1 aromatic carbocycles. The molecule has 3 aromatic rings. The van der Waals surface area contributed by atoms with Crippen molar-refractivity contribution in [1.82, 2.24) is 19.7 Å². The second kappa shape index (κ2) is 7.16. The second-order valence-electron chi connectivity index (χ2n) is 6.92. The summed E-state index contributed by atoms with van der Waals surface area (Å²) in [6.07, 6.45) is 4.31. The van der Waals surface area contributed by atoms with Gasteiger partial charge in [0.2, 0.25) is 0 Å². The maximum absolute atomic E-state index is 12.7. The van der Waals surface area contributed by atoms with Gasteiger partial charge in [-0.15, -0.1) is 0 Å². The monoisotopic (exact) mass is 396 g/mol. The number of likely N-dealkylation sites (N-methyl/N-ethyl adjacent to an activating group) is 1. The molecular weight excluding hydrogens is 376 g/mol. The molecule has 4 rings (SSSR count). The summed E-state index contributed by atoms with van der Waals surface area (Å²) in [6, 6.07) is 7.67. The number of carbonyl (C=O) groups is 1. The topological polar surface area (TPSA) is 75.1 Å². The fourth-order valence-electron chi connectivity index (χ4n) is 3.35. The highest BCUT2D eigenvalue weighted by Gasteiger charge is 2.24. The van der Waals surface area contributed by atoms with Gasteiger partial charge in [0.15, 0.2) is 0 Å². The van der Waals surface area contributed by atoms with Crippen LogP contribution in [0.1, 0.15) is 21.6 Å². The Morgan fingerprint density at radius 1 is 1.14 bits per heavy atom. The zero-order valence-corrected chi connectivity index (χ0v) is 16.7. The van der Waals surface area contributed by atoms with E-state index in [-0.39, 0.29) is 5.91 Å². The highest BCUT2D eigenvalue weighted by molar-refractivity contribution is 6.33. The number of benzene rings is 1. The maximum atomic E-state index is 12.7. The van der Waals surface area contributed by atoms with Crippen molar-refractivity contribution in [2.75, 3.05) is 24.2 Å². The molecule has 0 unspecified atom stereocenters. The Labute approximate surface area is 168 Å². The van der Waals surface area contributed by atoms with Crippen LogP contribution >= 0.6 is 11.6 Å². The van der Waals surface area contributed by atoms with Crippen LogP contribution in [-0.4, -0.2) is 39.2 Å². The summed E-state index contributed by atoms with van der Waals surface area (Å²) in [4.78, 5) is 18.8. The van der Waals surface area contributed by atoms with E-state index in [0.29, 0.717) is 22.1 Å². The maximum Gasteiger partial charge on any atom is 0.255 e. The van der Waals surface area contributed by atoms with Crippen molar-refractivity contribution in [3.8, 4) is 0 Å². The van der Waals surface area contributed by atoms with Gasteiger partial charge in [-0.1, -0.05) is 23.7 Å². The molecule has 3 heterocycles. The Morgan fingerprint density at radius 2 is 1.96 bits per heavy atom. The number of nitrogens with one attached hydrogen (secondary N) is 2. The molecule has 7 nitrogen and oxygen atoms in total. The lowest BCUT2D eigenvalue weighted by molar-refractivity contribution is 0.0782. The fraction of sp³-hybridized carbons (Fsp3) is 0.250. The van der Waals surface area contributed by atoms with Crippen molar-refractivity contribution in [3.63, 3.8) is 0 Å². The van der Waals surface area contributed by atoms with E-state index in [1.807, 2.05) is 51.5 Å². The molecule has 0 saturated carbocycles. The van der Waals surface area contributed by atoms with Gasteiger partial charge in [0.25, 0.3) is 5.91 Å². The number of aryl methyl sites for hydroxylation is 2. The van der Waals surface area contributed by atoms with Crippen molar-refractivity contribution in [1.29, 1.82) is 0 Å². The number of hydrogen-bond acceptors (Lipinski definition) is 5. The number of anilines is 4. The van der Waals surface area contributed by atoms with Gasteiger partial charge >= 0.3 is 0 Å². The van der Waals surface area contributed by atoms with Crippen LogP contribution in [-0.2, 0) is 13.5 Å². The van der Waals surface area contributed by atoms with Crippen LogP contribution in [0.2, 0.25) is 5.02 Å². The van der Waals surface area contributed by atoms with Crippen molar-refractivity contribution in [2.24, 2.45) is 7.05 Å². The minimum atomic E-state index is 0.0128. The highest BCUT2D eigenvalue weighted by Crippen LogP contribution is 2.32. The Kier molecular flexibility index (Phi) is 4.68. The molecule has 2 aromatic heterocycles. The number of nitrogens with zero attached hydrogens (tertiary/aromatic N) is 4. The van der Waals surface area contributed by atoms with Gasteiger partial charge < -0.3 is 15.5 Å². The average molecular weight is 397 g/mol. The van der Waals surface area contributed by atoms with E-state index in [1.165, 1.54) is 0 Å². The molecule has 0 saturated heterocycles. The number of carbonyl (C=O) groups excluding carboxylic acids is 1. The molecule has 0 fully saturated rings. The number of amides is 1. The second-order valence-corrected chi connectivity index (χ2v) is 7.32. The largest absolute Gasteiger partial charge is 0.353 e. The lowest BCUT2D eigenvalue weighted by Crippen LogP contribution is -2.34. The number of halogens is 1. The zero-order chi connectivity index (χ0) is 19.8. The summed E-state index contributed by atoms with van der Waals surface area (Å²) in [5, 5.41) is 11.4. The first-order chi connectivity index (χ1) is 13.4. The van der Waals surface area contributed by atoms with Gasteiger partial charge in [-0.2, -0.15) is 5.10 Å². The Bertz CT molecular complexity index is 1060. The molecule has 0 aliphatic carbocycles. The van der Waals surface area contributed by atoms with Crippen molar-refractivity contribution in [2.45, 2.75) is 13.3 Å². The van der Waals surface area contributed by atoms with E-state index in [9.17, 15) is 4.79 Å². The molecule has 1 aliphatic heterocycles. The Hall–Kier alpha value is -3.06. The van der Waals surface area contributed by atoms with Crippen LogP contribution < -0.4 is 10.6 Å². The van der Waals surface area contributed by atoms with E-state index in [0.717, 1.165) is 35.6 Å². The van der Waals surface area contributed by atoms with Crippen LogP contribution in [0.4, 0.5) is 22.9 Å². The third-order valence-corrected chi connectivity index (χ3v) is 5.13. The molecule has 1 aliphatic rings. The summed E-state index contributed by atoms with van der Waals surface area (Å²) in [7, 11) is 3.69. The Balaban J connectivity index is 1.66. The predicted molar refractivity (Wildman–Crippen MR) is 111 cm³/mol. The molecule has 0 spiro atoms. The lowest BCUT2D eigenvalue weighted by atomic mass is 9.97. The van der Waals surface area contributed by atoms with E-state index in [4.69, 9.17) is 11.6 Å². The zero-order valence-electron chi connectivity index (χ0n) is 16.0. The van der Waals surface area contributed by atoms with Crippen LogP contribution in [0, 0.1) is 6.92 Å². The number of fused-ring (bicyclic) bond motifs is 1. The standard InChI is InChI=1S/C20H21ClN6O/c1-12-17(11-27(3)25-12)24-18-9-16(14(21)10-22-18)23-15-6-4-5-13-7-8-26(2)20(28)19(13)15/h4-6,9-11H,7-8H2,1-3H3,(H2,22,23,24). The van der Waals surface area contributed by atoms with Crippen molar-refractivity contribution in [3.05, 3.63) is 58.5 Å². The smallest absolute Gasteiger partial charge is 0.255 e. The summed E-state index contributed by atoms with van der Waals surface area (Å²) >= 11 is 6.37. The molecule has 1 amide bonds. The number of hydrogen-bond donors (Lipinski definition) is 2. The average Bonchev–Trinajstić information content (AvgIpc) is 2.98. The molecule has 0 radical (unpaired) electrons. The summed E-state index contributed by atoms with van der Waals surface area (Å²) in [5.41, 5.74) is 4.90. The quantitative estimate of drug-likeness (QED) is 0.699. The van der Waals surface area contributed by atoms with E-state index >= 15 is 0 Å². The Morgan fingerprint density at radius 3 is 2.71 bits per heavy atom. The molecular formula is C20H21ClN6O. The normalized spacial score (nSPS) is 13.4. The van der Waals surface area contributed by atoms with Crippen LogP contribution in [0.5, 0.6) is 0 Å². The van der Waals surface area contributed by atoms with Gasteiger partial charge in [-0.05, 0) is 25.0 Å². The van der Waals surface area contributed by atoms with Crippen molar-refractivity contribution < 1.29 is 4.79 Å². The first-order valence-electron chi connectivity index (χ1n) is 8.99. The highest BCUT2D eigenvalue weighted by atomic mass is 35.5. The minimum Gasteiger partial charge on any atom is -0.353 e. The van der Waals surface area contributed by atoms with E-state index in [2.05, 4.69) is 20.7 Å². The molecule has 0 atom stereocenters.